The molecule has 0 spiro atoms. The first-order valence-corrected chi connectivity index (χ1v) is 5.92. The van der Waals surface area contributed by atoms with Crippen LogP contribution >= 0.6 is 0 Å². The van der Waals surface area contributed by atoms with Crippen LogP contribution in [0.1, 0.15) is 47.0 Å². The van der Waals surface area contributed by atoms with Crippen molar-refractivity contribution in [3.63, 3.8) is 0 Å². The van der Waals surface area contributed by atoms with E-state index in [0.29, 0.717) is 17.9 Å². The molecule has 3 heteroatoms. The number of amides is 1. The number of hydrogen-bond acceptors (Lipinski definition) is 2. The molecular weight excluding hydrogens is 188 g/mol. The Balaban J connectivity index is 2.66. The van der Waals surface area contributed by atoms with E-state index in [4.69, 9.17) is 5.73 Å². The average molecular weight is 212 g/mol. The maximum absolute atomic E-state index is 11.3. The summed E-state index contributed by atoms with van der Waals surface area (Å²) < 4.78 is 0. The van der Waals surface area contributed by atoms with Gasteiger partial charge in [-0.25, -0.2) is 0 Å². The highest BCUT2D eigenvalue weighted by Gasteiger charge is 2.34. The summed E-state index contributed by atoms with van der Waals surface area (Å²) in [5.74, 6) is 0.993. The van der Waals surface area contributed by atoms with Crippen LogP contribution in [0.25, 0.3) is 0 Å². The van der Waals surface area contributed by atoms with E-state index in [0.717, 1.165) is 0 Å². The van der Waals surface area contributed by atoms with Crippen molar-refractivity contribution in [1.82, 2.24) is 5.32 Å². The number of rotatable bonds is 3. The molecule has 0 aromatic rings. The molecule has 0 aromatic carbocycles. The lowest BCUT2D eigenvalue weighted by atomic mass is 9.77. The molecule has 15 heavy (non-hydrogen) atoms. The lowest BCUT2D eigenvalue weighted by molar-refractivity contribution is -0.123. The lowest BCUT2D eigenvalue weighted by Crippen LogP contribution is -2.58. The van der Waals surface area contributed by atoms with Crippen LogP contribution in [0.15, 0.2) is 0 Å². The smallest absolute Gasteiger partial charge is 0.237 e. The second-order valence-electron chi connectivity index (χ2n) is 5.54. The van der Waals surface area contributed by atoms with Crippen LogP contribution in [-0.2, 0) is 4.79 Å². The summed E-state index contributed by atoms with van der Waals surface area (Å²) in [4.78, 5) is 11.3. The van der Waals surface area contributed by atoms with Gasteiger partial charge in [-0.15, -0.1) is 0 Å². The van der Waals surface area contributed by atoms with Gasteiger partial charge in [-0.1, -0.05) is 20.3 Å². The average Bonchev–Trinajstić information content (AvgIpc) is 2.11. The van der Waals surface area contributed by atoms with E-state index < -0.39 is 5.54 Å². The Morgan fingerprint density at radius 3 is 2.13 bits per heavy atom. The summed E-state index contributed by atoms with van der Waals surface area (Å²) in [6, 6.07) is 0.418. The molecule has 0 saturated heterocycles. The number of hydrogen-bond donors (Lipinski definition) is 2. The van der Waals surface area contributed by atoms with Crippen LogP contribution in [-0.4, -0.2) is 17.5 Å². The van der Waals surface area contributed by atoms with Crippen molar-refractivity contribution in [3.8, 4) is 0 Å². The molecule has 1 aliphatic carbocycles. The molecule has 0 heterocycles. The summed E-state index contributed by atoms with van der Waals surface area (Å²) >= 11 is 0. The molecule has 2 unspecified atom stereocenters. The molecular formula is C12H24N2O. The van der Waals surface area contributed by atoms with Crippen molar-refractivity contribution < 1.29 is 4.79 Å². The summed E-state index contributed by atoms with van der Waals surface area (Å²) in [7, 11) is 0. The summed E-state index contributed by atoms with van der Waals surface area (Å²) in [6.45, 7) is 8.24. The first kappa shape index (κ1) is 12.5. The molecule has 3 nitrogen and oxygen atoms in total. The van der Waals surface area contributed by atoms with Gasteiger partial charge in [0.25, 0.3) is 0 Å². The van der Waals surface area contributed by atoms with Gasteiger partial charge in [-0.3, -0.25) is 4.79 Å². The van der Waals surface area contributed by atoms with E-state index in [9.17, 15) is 4.79 Å². The van der Waals surface area contributed by atoms with Crippen molar-refractivity contribution in [3.05, 3.63) is 0 Å². The monoisotopic (exact) mass is 212 g/mol. The first-order valence-electron chi connectivity index (χ1n) is 5.92. The first-order chi connectivity index (χ1) is 6.84. The molecule has 0 aromatic heterocycles. The summed E-state index contributed by atoms with van der Waals surface area (Å²) in [6.07, 6.45) is 3.80. The number of carbonyl (C=O) groups excluding carboxylic acids is 1. The van der Waals surface area contributed by atoms with Gasteiger partial charge in [0, 0.05) is 6.04 Å². The number of primary amides is 1. The van der Waals surface area contributed by atoms with Crippen LogP contribution in [0.4, 0.5) is 0 Å². The Bertz CT molecular complexity index is 228. The fraction of sp³-hybridized carbons (Fsp3) is 0.917. The normalized spacial score (nSPS) is 32.7. The van der Waals surface area contributed by atoms with Crippen LogP contribution in [0, 0.1) is 11.8 Å². The topological polar surface area (TPSA) is 55.1 Å². The van der Waals surface area contributed by atoms with E-state index in [2.05, 4.69) is 19.2 Å². The second-order valence-corrected chi connectivity index (χ2v) is 5.54. The van der Waals surface area contributed by atoms with Gasteiger partial charge in [0.2, 0.25) is 5.91 Å². The Labute approximate surface area is 92.8 Å². The van der Waals surface area contributed by atoms with Gasteiger partial charge in [-0.2, -0.15) is 0 Å². The van der Waals surface area contributed by atoms with Crippen molar-refractivity contribution in [2.45, 2.75) is 58.5 Å². The molecule has 1 rings (SSSR count). The van der Waals surface area contributed by atoms with Gasteiger partial charge in [0.05, 0.1) is 5.54 Å². The molecule has 1 fully saturated rings. The molecule has 1 saturated carbocycles. The molecule has 1 aliphatic rings. The standard InChI is InChI=1S/C12H24N2O/c1-8-6-5-7-9(2)10(8)14-12(3,4)11(13)15/h8-10,14H,5-7H2,1-4H3,(H2,13,15). The van der Waals surface area contributed by atoms with Crippen molar-refractivity contribution in [2.24, 2.45) is 17.6 Å². The molecule has 88 valence electrons. The SMILES string of the molecule is CC1CCCC(C)C1NC(C)(C)C(N)=O. The Morgan fingerprint density at radius 1 is 1.27 bits per heavy atom. The fourth-order valence-electron chi connectivity index (χ4n) is 2.45. The number of carbonyl (C=O) groups is 1. The maximum Gasteiger partial charge on any atom is 0.237 e. The number of nitrogens with two attached hydrogens (primary N) is 1. The largest absolute Gasteiger partial charge is 0.368 e. The van der Waals surface area contributed by atoms with E-state index in [-0.39, 0.29) is 5.91 Å². The predicted molar refractivity (Wildman–Crippen MR) is 62.4 cm³/mol. The highest BCUT2D eigenvalue weighted by Crippen LogP contribution is 2.30. The third kappa shape index (κ3) is 2.94. The minimum Gasteiger partial charge on any atom is -0.368 e. The molecule has 1 amide bonds. The summed E-state index contributed by atoms with van der Waals surface area (Å²) in [5.41, 5.74) is 4.78. The van der Waals surface area contributed by atoms with Crippen LogP contribution in [0.3, 0.4) is 0 Å². The maximum atomic E-state index is 11.3. The minimum absolute atomic E-state index is 0.271. The zero-order valence-corrected chi connectivity index (χ0v) is 10.3. The minimum atomic E-state index is -0.593. The highest BCUT2D eigenvalue weighted by atomic mass is 16.1. The number of nitrogens with one attached hydrogen (secondary N) is 1. The third-order valence-electron chi connectivity index (χ3n) is 3.69. The lowest BCUT2D eigenvalue weighted by Gasteiger charge is -2.39. The van der Waals surface area contributed by atoms with Crippen LogP contribution in [0.5, 0.6) is 0 Å². The zero-order valence-electron chi connectivity index (χ0n) is 10.3. The van der Waals surface area contributed by atoms with Gasteiger partial charge in [-0.05, 0) is 38.5 Å². The van der Waals surface area contributed by atoms with Crippen LogP contribution in [0.2, 0.25) is 0 Å². The van der Waals surface area contributed by atoms with Crippen molar-refractivity contribution in [1.29, 1.82) is 0 Å². The van der Waals surface area contributed by atoms with Crippen molar-refractivity contribution in [2.75, 3.05) is 0 Å². The molecule has 0 radical (unpaired) electrons. The Hall–Kier alpha value is -0.570. The van der Waals surface area contributed by atoms with E-state index in [1.165, 1.54) is 19.3 Å². The Morgan fingerprint density at radius 2 is 1.73 bits per heavy atom. The zero-order chi connectivity index (χ0) is 11.6. The predicted octanol–water partition coefficient (Wildman–Crippen LogP) is 1.66. The second kappa shape index (κ2) is 4.52. The quantitative estimate of drug-likeness (QED) is 0.747. The van der Waals surface area contributed by atoms with Gasteiger partial charge in [0.1, 0.15) is 0 Å². The molecule has 0 aliphatic heterocycles. The third-order valence-corrected chi connectivity index (χ3v) is 3.69. The molecule has 3 N–H and O–H groups in total. The Kier molecular flexibility index (Phi) is 3.77. The molecule has 2 atom stereocenters. The summed E-state index contributed by atoms with van der Waals surface area (Å²) in [5, 5.41) is 3.42. The fourth-order valence-corrected chi connectivity index (χ4v) is 2.45. The van der Waals surface area contributed by atoms with Crippen molar-refractivity contribution >= 4 is 5.91 Å². The van der Waals surface area contributed by atoms with E-state index in [1.807, 2.05) is 13.8 Å². The van der Waals surface area contributed by atoms with Gasteiger partial charge >= 0.3 is 0 Å². The van der Waals surface area contributed by atoms with Gasteiger partial charge in [0.15, 0.2) is 0 Å². The highest BCUT2D eigenvalue weighted by molar-refractivity contribution is 5.83. The molecule has 0 bridgehead atoms. The van der Waals surface area contributed by atoms with Gasteiger partial charge < -0.3 is 11.1 Å². The van der Waals surface area contributed by atoms with E-state index in [1.54, 1.807) is 0 Å². The van der Waals surface area contributed by atoms with Crippen LogP contribution < -0.4 is 11.1 Å². The van der Waals surface area contributed by atoms with E-state index >= 15 is 0 Å².